The molecule has 0 aliphatic heterocycles. The van der Waals surface area contributed by atoms with Gasteiger partial charge in [-0.15, -0.1) is 0 Å². The zero-order valence-electron chi connectivity index (χ0n) is 8.58. The molecule has 1 unspecified atom stereocenters. The normalized spacial score (nSPS) is 26.7. The lowest BCUT2D eigenvalue weighted by Crippen LogP contribution is -2.34. The molecular weight excluding hydrogens is 180 g/mol. The number of nitrogens with one attached hydrogen (secondary N) is 1. The van der Waals surface area contributed by atoms with E-state index in [0.717, 1.165) is 32.1 Å². The van der Waals surface area contributed by atoms with Gasteiger partial charge in [0, 0.05) is 0 Å². The summed E-state index contributed by atoms with van der Waals surface area (Å²) in [5.41, 5.74) is 3.42. The molecule has 1 aliphatic rings. The molecule has 0 heterocycles. The minimum Gasteiger partial charge on any atom is -0.445 e. The van der Waals surface area contributed by atoms with Gasteiger partial charge in [-0.1, -0.05) is 11.6 Å². The van der Waals surface area contributed by atoms with E-state index in [2.05, 4.69) is 13.0 Å². The largest absolute Gasteiger partial charge is 0.445 e. The Bertz CT molecular complexity index is 226. The highest BCUT2D eigenvalue weighted by atomic mass is 16.6. The Morgan fingerprint density at radius 2 is 2.43 bits per heavy atom. The van der Waals surface area contributed by atoms with Crippen molar-refractivity contribution in [1.82, 2.24) is 5.43 Å². The molecule has 4 nitrogen and oxygen atoms in total. The van der Waals surface area contributed by atoms with Crippen LogP contribution in [0.2, 0.25) is 0 Å². The summed E-state index contributed by atoms with van der Waals surface area (Å²) in [7, 11) is 0. The summed E-state index contributed by atoms with van der Waals surface area (Å²) in [5, 5.41) is 0. The molecule has 0 saturated carbocycles. The van der Waals surface area contributed by atoms with Crippen LogP contribution < -0.4 is 11.3 Å². The number of hydrogen-bond donors (Lipinski definition) is 2. The lowest BCUT2D eigenvalue weighted by atomic mass is 9.99. The van der Waals surface area contributed by atoms with Gasteiger partial charge in [-0.2, -0.15) is 0 Å². The second-order valence-electron chi connectivity index (χ2n) is 3.69. The number of amides is 1. The quantitative estimate of drug-likeness (QED) is 0.292. The Balaban J connectivity index is 2.37. The molecule has 4 heteroatoms. The van der Waals surface area contributed by atoms with Crippen LogP contribution in [-0.4, -0.2) is 12.2 Å². The number of ether oxygens (including phenoxy) is 1. The van der Waals surface area contributed by atoms with Crippen molar-refractivity contribution in [3.8, 4) is 0 Å². The third-order valence-corrected chi connectivity index (χ3v) is 2.47. The summed E-state index contributed by atoms with van der Waals surface area (Å²) in [5.74, 6) is 4.94. The molecule has 0 radical (unpaired) electrons. The molecule has 0 aromatic heterocycles. The molecule has 3 N–H and O–H groups in total. The zero-order chi connectivity index (χ0) is 10.4. The maximum atomic E-state index is 10.9. The molecule has 14 heavy (non-hydrogen) atoms. The second-order valence-corrected chi connectivity index (χ2v) is 3.69. The maximum absolute atomic E-state index is 10.9. The molecule has 1 atom stereocenters. The van der Waals surface area contributed by atoms with Gasteiger partial charge in [-0.25, -0.2) is 10.6 Å². The Morgan fingerprint density at radius 1 is 1.64 bits per heavy atom. The Kier molecular flexibility index (Phi) is 4.46. The van der Waals surface area contributed by atoms with Gasteiger partial charge in [0.1, 0.15) is 6.10 Å². The lowest BCUT2D eigenvalue weighted by Gasteiger charge is -2.18. The van der Waals surface area contributed by atoms with Crippen molar-refractivity contribution in [2.75, 3.05) is 0 Å². The number of carbonyl (C=O) groups is 1. The molecule has 0 bridgehead atoms. The predicted octanol–water partition coefficient (Wildman–Crippen LogP) is 1.87. The van der Waals surface area contributed by atoms with E-state index >= 15 is 0 Å². The van der Waals surface area contributed by atoms with Crippen molar-refractivity contribution in [3.63, 3.8) is 0 Å². The van der Waals surface area contributed by atoms with Crippen LogP contribution in [0, 0.1) is 0 Å². The highest BCUT2D eigenvalue weighted by Crippen LogP contribution is 2.19. The summed E-state index contributed by atoms with van der Waals surface area (Å²) in [6, 6.07) is 0. The zero-order valence-corrected chi connectivity index (χ0v) is 8.58. The fraction of sp³-hybridized carbons (Fsp3) is 0.700. The monoisotopic (exact) mass is 198 g/mol. The van der Waals surface area contributed by atoms with Gasteiger partial charge in [-0.05, 0) is 39.0 Å². The molecule has 0 aromatic rings. The molecule has 1 rings (SSSR count). The minimum atomic E-state index is -0.531. The first-order chi connectivity index (χ1) is 6.72. The van der Waals surface area contributed by atoms with Crippen LogP contribution in [0.3, 0.4) is 0 Å². The van der Waals surface area contributed by atoms with Crippen molar-refractivity contribution in [2.24, 2.45) is 5.84 Å². The first kappa shape index (κ1) is 11.0. The van der Waals surface area contributed by atoms with Crippen LogP contribution in [0.1, 0.15) is 39.0 Å². The van der Waals surface area contributed by atoms with E-state index < -0.39 is 6.09 Å². The van der Waals surface area contributed by atoms with Crippen LogP contribution in [0.5, 0.6) is 0 Å². The van der Waals surface area contributed by atoms with Crippen LogP contribution >= 0.6 is 0 Å². The van der Waals surface area contributed by atoms with E-state index in [4.69, 9.17) is 10.6 Å². The predicted molar refractivity (Wildman–Crippen MR) is 54.4 cm³/mol. The molecule has 0 aromatic carbocycles. The number of rotatable bonds is 1. The number of hydrazine groups is 1. The highest BCUT2D eigenvalue weighted by Gasteiger charge is 2.14. The third-order valence-electron chi connectivity index (χ3n) is 2.47. The van der Waals surface area contributed by atoms with Gasteiger partial charge in [-0.3, -0.25) is 5.43 Å². The van der Waals surface area contributed by atoms with Gasteiger partial charge in [0.2, 0.25) is 0 Å². The summed E-state index contributed by atoms with van der Waals surface area (Å²) in [4.78, 5) is 10.9. The van der Waals surface area contributed by atoms with Gasteiger partial charge >= 0.3 is 6.09 Å². The summed E-state index contributed by atoms with van der Waals surface area (Å²) in [6.07, 6.45) is 6.68. The van der Waals surface area contributed by atoms with E-state index in [9.17, 15) is 4.79 Å². The second kappa shape index (κ2) is 5.65. The Morgan fingerprint density at radius 3 is 3.14 bits per heavy atom. The average molecular weight is 198 g/mol. The van der Waals surface area contributed by atoms with E-state index in [-0.39, 0.29) is 6.10 Å². The molecule has 0 saturated heterocycles. The summed E-state index contributed by atoms with van der Waals surface area (Å²) >= 11 is 0. The fourth-order valence-corrected chi connectivity index (χ4v) is 1.67. The van der Waals surface area contributed by atoms with Gasteiger partial charge in [0.05, 0.1) is 0 Å². The third kappa shape index (κ3) is 3.79. The number of nitrogens with two attached hydrogens (primary N) is 1. The first-order valence-corrected chi connectivity index (χ1v) is 5.05. The van der Waals surface area contributed by atoms with Crippen molar-refractivity contribution in [3.05, 3.63) is 11.6 Å². The van der Waals surface area contributed by atoms with Crippen LogP contribution in [0.4, 0.5) is 4.79 Å². The smallest absolute Gasteiger partial charge is 0.421 e. The van der Waals surface area contributed by atoms with Crippen molar-refractivity contribution < 1.29 is 9.53 Å². The number of allylic oxidation sites excluding steroid dienone is 2. The van der Waals surface area contributed by atoms with Crippen molar-refractivity contribution in [2.45, 2.75) is 45.1 Å². The average Bonchev–Trinajstić information content (AvgIpc) is 2.14. The Labute approximate surface area is 84.5 Å². The minimum absolute atomic E-state index is 0.0166. The SMILES string of the molecule is C/C1=C\CCC(OC(=O)NN)CCC1. The number of hydrogen-bond acceptors (Lipinski definition) is 3. The van der Waals surface area contributed by atoms with E-state index in [1.807, 2.05) is 5.43 Å². The molecule has 0 spiro atoms. The maximum Gasteiger partial charge on any atom is 0.421 e. The topological polar surface area (TPSA) is 64.3 Å². The Hall–Kier alpha value is -1.03. The van der Waals surface area contributed by atoms with Crippen LogP contribution in [0.25, 0.3) is 0 Å². The summed E-state index contributed by atoms with van der Waals surface area (Å²) < 4.78 is 5.11. The van der Waals surface area contributed by atoms with E-state index in [1.54, 1.807) is 0 Å². The summed E-state index contributed by atoms with van der Waals surface area (Å²) in [6.45, 7) is 2.15. The highest BCUT2D eigenvalue weighted by molar-refractivity contribution is 5.66. The lowest BCUT2D eigenvalue weighted by molar-refractivity contribution is 0.0862. The molecule has 80 valence electrons. The molecule has 0 fully saturated rings. The van der Waals surface area contributed by atoms with Crippen LogP contribution in [0.15, 0.2) is 11.6 Å². The van der Waals surface area contributed by atoms with Crippen LogP contribution in [-0.2, 0) is 4.74 Å². The van der Waals surface area contributed by atoms with Crippen molar-refractivity contribution >= 4 is 6.09 Å². The van der Waals surface area contributed by atoms with Gasteiger partial charge in [0.25, 0.3) is 0 Å². The number of carbonyl (C=O) groups excluding carboxylic acids is 1. The fourth-order valence-electron chi connectivity index (χ4n) is 1.67. The molecule has 1 amide bonds. The van der Waals surface area contributed by atoms with Gasteiger partial charge < -0.3 is 4.74 Å². The van der Waals surface area contributed by atoms with E-state index in [0.29, 0.717) is 0 Å². The van der Waals surface area contributed by atoms with E-state index in [1.165, 1.54) is 5.57 Å². The van der Waals surface area contributed by atoms with Gasteiger partial charge in [0.15, 0.2) is 0 Å². The molecule has 1 aliphatic carbocycles. The van der Waals surface area contributed by atoms with Crippen molar-refractivity contribution in [1.29, 1.82) is 0 Å². The standard InChI is InChI=1S/C10H18N2O2/c1-8-4-2-6-9(7-3-5-8)14-10(13)12-11/h4,9H,2-3,5-7,11H2,1H3,(H,12,13)/b8-4+. The molecular formula is C10H18N2O2. The first-order valence-electron chi connectivity index (χ1n) is 5.05.